The molecule has 0 bridgehead atoms. The third-order valence-electron chi connectivity index (χ3n) is 3.92. The van der Waals surface area contributed by atoms with Crippen LogP contribution in [0.2, 0.25) is 0 Å². The van der Waals surface area contributed by atoms with Gasteiger partial charge in [-0.15, -0.1) is 24.0 Å². The molecule has 1 aromatic carbocycles. The third kappa shape index (κ3) is 8.61. The second-order valence-electron chi connectivity index (χ2n) is 5.99. The number of hydrogen-bond acceptors (Lipinski definition) is 4. The summed E-state index contributed by atoms with van der Waals surface area (Å²) in [7, 11) is 1.77. The largest absolute Gasteiger partial charge is 0.484 e. The molecule has 0 saturated heterocycles. The highest BCUT2D eigenvalue weighted by atomic mass is 127. The highest BCUT2D eigenvalue weighted by Gasteiger charge is 2.07. The number of halogens is 1. The number of guanidine groups is 1. The van der Waals surface area contributed by atoms with Gasteiger partial charge >= 0.3 is 0 Å². The maximum Gasteiger partial charge on any atom is 0.255 e. The molecule has 27 heavy (non-hydrogen) atoms. The molecule has 1 unspecified atom stereocenters. The molecule has 0 spiro atoms. The minimum Gasteiger partial charge on any atom is -0.484 e. The van der Waals surface area contributed by atoms with Crippen molar-refractivity contribution in [1.29, 1.82) is 0 Å². The van der Waals surface area contributed by atoms with Gasteiger partial charge in [-0.3, -0.25) is 9.79 Å². The van der Waals surface area contributed by atoms with E-state index >= 15 is 0 Å². The molecule has 0 fully saturated rings. The highest BCUT2D eigenvalue weighted by Crippen LogP contribution is 2.17. The van der Waals surface area contributed by atoms with Crippen molar-refractivity contribution in [2.24, 2.45) is 10.7 Å². The van der Waals surface area contributed by atoms with Crippen LogP contribution in [0.5, 0.6) is 5.75 Å². The van der Waals surface area contributed by atoms with Gasteiger partial charge < -0.3 is 21.1 Å². The molecule has 0 aliphatic heterocycles. The first kappa shape index (κ1) is 23.2. The lowest BCUT2D eigenvalue weighted by Gasteiger charge is -2.15. The molecule has 1 amide bonds. The average Bonchev–Trinajstić information content (AvgIpc) is 3.18. The van der Waals surface area contributed by atoms with Gasteiger partial charge in [0.2, 0.25) is 0 Å². The highest BCUT2D eigenvalue weighted by molar-refractivity contribution is 14.0. The normalized spacial score (nSPS) is 12.0. The fraction of sp³-hybridized carbons (Fsp3) is 0.368. The fourth-order valence-corrected chi connectivity index (χ4v) is 3.16. The van der Waals surface area contributed by atoms with Crippen molar-refractivity contribution < 1.29 is 9.53 Å². The smallest absolute Gasteiger partial charge is 0.255 e. The zero-order chi connectivity index (χ0) is 18.8. The molecule has 6 nitrogen and oxygen atoms in total. The molecular weight excluding hydrogens is 475 g/mol. The SMILES string of the molecule is CN=C(NCCc1ccc(OCC(N)=O)cc1)NCC(C)c1ccsc1.I. The Labute approximate surface area is 181 Å². The lowest BCUT2D eigenvalue weighted by molar-refractivity contribution is -0.119. The number of amides is 1. The Morgan fingerprint density at radius 1 is 1.26 bits per heavy atom. The van der Waals surface area contributed by atoms with Crippen LogP contribution < -0.4 is 21.1 Å². The number of carbonyl (C=O) groups is 1. The number of benzene rings is 1. The summed E-state index contributed by atoms with van der Waals surface area (Å²) in [4.78, 5) is 15.0. The van der Waals surface area contributed by atoms with E-state index in [2.05, 4.69) is 39.4 Å². The van der Waals surface area contributed by atoms with Crippen molar-refractivity contribution in [3.05, 3.63) is 52.2 Å². The predicted octanol–water partition coefficient (Wildman–Crippen LogP) is 2.74. The van der Waals surface area contributed by atoms with E-state index in [1.807, 2.05) is 24.3 Å². The molecule has 4 N–H and O–H groups in total. The van der Waals surface area contributed by atoms with E-state index in [0.29, 0.717) is 11.7 Å². The first-order chi connectivity index (χ1) is 12.6. The topological polar surface area (TPSA) is 88.7 Å². The van der Waals surface area contributed by atoms with Crippen LogP contribution in [0.1, 0.15) is 24.0 Å². The molecule has 2 aromatic rings. The van der Waals surface area contributed by atoms with Crippen LogP contribution in [-0.2, 0) is 11.2 Å². The van der Waals surface area contributed by atoms with Crippen LogP contribution in [0.25, 0.3) is 0 Å². The van der Waals surface area contributed by atoms with Crippen molar-refractivity contribution in [1.82, 2.24) is 10.6 Å². The van der Waals surface area contributed by atoms with Crippen LogP contribution in [0, 0.1) is 0 Å². The summed E-state index contributed by atoms with van der Waals surface area (Å²) in [5.74, 6) is 1.40. The molecule has 1 heterocycles. The standard InChI is InChI=1S/C19H26N4O2S.HI/c1-14(16-8-10-26-13-16)11-23-19(21-2)22-9-7-15-3-5-17(6-4-15)25-12-18(20)24;/h3-6,8,10,13-14H,7,9,11-12H2,1-2H3,(H2,20,24)(H2,21,22,23);1H. The summed E-state index contributed by atoms with van der Waals surface area (Å²) < 4.78 is 5.25. The van der Waals surface area contributed by atoms with Crippen LogP contribution >= 0.6 is 35.3 Å². The van der Waals surface area contributed by atoms with E-state index in [9.17, 15) is 4.79 Å². The van der Waals surface area contributed by atoms with Gasteiger partial charge in [0.25, 0.3) is 5.91 Å². The van der Waals surface area contributed by atoms with Gasteiger partial charge in [-0.1, -0.05) is 19.1 Å². The molecule has 1 aromatic heterocycles. The van der Waals surface area contributed by atoms with Crippen LogP contribution in [-0.4, -0.2) is 38.6 Å². The Morgan fingerprint density at radius 3 is 2.59 bits per heavy atom. The molecule has 8 heteroatoms. The summed E-state index contributed by atoms with van der Waals surface area (Å²) in [6.07, 6.45) is 0.858. The van der Waals surface area contributed by atoms with Gasteiger partial charge in [-0.2, -0.15) is 11.3 Å². The van der Waals surface area contributed by atoms with Gasteiger partial charge in [-0.25, -0.2) is 0 Å². The number of thiophene rings is 1. The maximum absolute atomic E-state index is 10.7. The number of aliphatic imine (C=N–C) groups is 1. The quantitative estimate of drug-likeness (QED) is 0.280. The van der Waals surface area contributed by atoms with Gasteiger partial charge in [0.15, 0.2) is 12.6 Å². The first-order valence-corrected chi connectivity index (χ1v) is 9.49. The van der Waals surface area contributed by atoms with E-state index in [0.717, 1.165) is 25.5 Å². The number of hydrogen-bond donors (Lipinski definition) is 3. The summed E-state index contributed by atoms with van der Waals surface area (Å²) in [5.41, 5.74) is 7.58. The van der Waals surface area contributed by atoms with Crippen LogP contribution in [0.4, 0.5) is 0 Å². The van der Waals surface area contributed by atoms with E-state index in [4.69, 9.17) is 10.5 Å². The molecular formula is C19H27IN4O2S. The van der Waals surface area contributed by atoms with E-state index in [1.54, 1.807) is 18.4 Å². The van der Waals surface area contributed by atoms with Crippen LogP contribution in [0.3, 0.4) is 0 Å². The van der Waals surface area contributed by atoms with E-state index in [1.165, 1.54) is 11.1 Å². The molecule has 148 valence electrons. The second kappa shape index (κ2) is 12.6. The molecule has 0 aliphatic rings. The second-order valence-corrected chi connectivity index (χ2v) is 6.77. The average molecular weight is 502 g/mol. The number of ether oxygens (including phenoxy) is 1. The lowest BCUT2D eigenvalue weighted by Crippen LogP contribution is -2.39. The minimum atomic E-state index is -0.481. The lowest BCUT2D eigenvalue weighted by atomic mass is 10.1. The zero-order valence-corrected chi connectivity index (χ0v) is 18.8. The van der Waals surface area contributed by atoms with Crippen molar-refractivity contribution in [3.63, 3.8) is 0 Å². The van der Waals surface area contributed by atoms with Gasteiger partial charge in [0.05, 0.1) is 0 Å². The molecule has 0 radical (unpaired) electrons. The molecule has 2 rings (SSSR count). The number of nitrogens with two attached hydrogens (primary N) is 1. The Balaban J connectivity index is 0.00000364. The summed E-state index contributed by atoms with van der Waals surface area (Å²) in [6.45, 7) is 3.70. The Morgan fingerprint density at radius 2 is 2.00 bits per heavy atom. The van der Waals surface area contributed by atoms with Gasteiger partial charge in [0.1, 0.15) is 5.75 Å². The van der Waals surface area contributed by atoms with Crippen molar-refractivity contribution >= 4 is 47.2 Å². The summed E-state index contributed by atoms with van der Waals surface area (Å²) in [5, 5.41) is 11.0. The number of carbonyl (C=O) groups excluding carboxylic acids is 1. The minimum absolute atomic E-state index is 0. The first-order valence-electron chi connectivity index (χ1n) is 8.55. The Bertz CT molecular complexity index is 705. The number of primary amides is 1. The monoisotopic (exact) mass is 502 g/mol. The Kier molecular flexibility index (Phi) is 10.8. The van der Waals surface area contributed by atoms with Gasteiger partial charge in [0, 0.05) is 20.1 Å². The maximum atomic E-state index is 10.7. The van der Waals surface area contributed by atoms with E-state index in [-0.39, 0.29) is 30.6 Å². The van der Waals surface area contributed by atoms with Crippen LogP contribution in [0.15, 0.2) is 46.1 Å². The summed E-state index contributed by atoms with van der Waals surface area (Å²) >= 11 is 1.72. The fourth-order valence-electron chi connectivity index (χ4n) is 2.38. The Hall–Kier alpha value is -1.81. The molecule has 0 saturated carbocycles. The summed E-state index contributed by atoms with van der Waals surface area (Å²) in [6, 6.07) is 9.80. The zero-order valence-electron chi connectivity index (χ0n) is 15.6. The van der Waals surface area contributed by atoms with Crippen molar-refractivity contribution in [3.8, 4) is 5.75 Å². The van der Waals surface area contributed by atoms with Gasteiger partial charge in [-0.05, 0) is 52.4 Å². The number of nitrogens with zero attached hydrogens (tertiary/aromatic N) is 1. The number of nitrogens with one attached hydrogen (secondary N) is 2. The predicted molar refractivity (Wildman–Crippen MR) is 122 cm³/mol. The van der Waals surface area contributed by atoms with E-state index < -0.39 is 5.91 Å². The molecule has 1 atom stereocenters. The third-order valence-corrected chi connectivity index (χ3v) is 4.62. The van der Waals surface area contributed by atoms with Crippen molar-refractivity contribution in [2.75, 3.05) is 26.7 Å². The van der Waals surface area contributed by atoms with Crippen molar-refractivity contribution in [2.45, 2.75) is 19.3 Å². The molecule has 0 aliphatic carbocycles. The number of rotatable bonds is 9.